The van der Waals surface area contributed by atoms with Gasteiger partial charge in [0, 0.05) is 18.1 Å². The minimum absolute atomic E-state index is 0.108. The number of aromatic nitrogens is 3. The molecule has 4 rings (SSSR count). The second-order valence-corrected chi connectivity index (χ2v) is 8.96. The Morgan fingerprint density at radius 2 is 1.82 bits per heavy atom. The summed E-state index contributed by atoms with van der Waals surface area (Å²) in [5.41, 5.74) is 1.33. The van der Waals surface area contributed by atoms with Crippen LogP contribution in [0, 0.1) is 5.82 Å². The number of rotatable bonds is 7. The minimum Gasteiger partial charge on any atom is -0.496 e. The highest BCUT2D eigenvalue weighted by molar-refractivity contribution is 5.95. The summed E-state index contributed by atoms with van der Waals surface area (Å²) in [6.45, 7) is 2.39. The van der Waals surface area contributed by atoms with E-state index in [1.165, 1.54) is 42.3 Å². The van der Waals surface area contributed by atoms with Gasteiger partial charge in [0.25, 0.3) is 11.5 Å². The number of aryl methyl sites for hydroxylation is 1. The Hall–Kier alpha value is -4.49. The normalized spacial score (nSPS) is 13.8. The molecule has 1 saturated heterocycles. The fourth-order valence-corrected chi connectivity index (χ4v) is 4.24. The second kappa shape index (κ2) is 11.7. The fourth-order valence-electron chi connectivity index (χ4n) is 4.24. The van der Waals surface area contributed by atoms with E-state index in [2.05, 4.69) is 15.0 Å². The molecule has 0 radical (unpaired) electrons. The average Bonchev–Trinajstić information content (AvgIpc) is 2.94. The van der Waals surface area contributed by atoms with Gasteiger partial charge in [-0.05, 0) is 34.9 Å². The topological polar surface area (TPSA) is 109 Å². The number of carbonyl (C=O) groups excluding carboxylic acids is 2. The van der Waals surface area contributed by atoms with E-state index in [0.29, 0.717) is 33.7 Å². The van der Waals surface area contributed by atoms with Gasteiger partial charge in [0.1, 0.15) is 30.9 Å². The van der Waals surface area contributed by atoms with Crippen molar-refractivity contribution in [3.63, 3.8) is 0 Å². The summed E-state index contributed by atoms with van der Waals surface area (Å²) in [6.07, 6.45) is -3.29. The first kappa shape index (κ1) is 28.5. The number of piperazine rings is 1. The number of alkyl halides is 3. The number of nitrogens with one attached hydrogen (secondary N) is 1. The highest BCUT2D eigenvalue weighted by Gasteiger charge is 2.44. The third kappa shape index (κ3) is 6.38. The lowest BCUT2D eigenvalue weighted by atomic mass is 10.0. The maximum absolute atomic E-state index is 14.7. The van der Waals surface area contributed by atoms with Gasteiger partial charge in [-0.2, -0.15) is 18.3 Å². The van der Waals surface area contributed by atoms with Crippen LogP contribution in [0.15, 0.2) is 47.4 Å². The van der Waals surface area contributed by atoms with Gasteiger partial charge in [-0.1, -0.05) is 13.0 Å². The molecule has 2 aromatic heterocycles. The SMILES string of the molecule is CCc1cc(Cc2ccc(F)c(C(=O)N3CCN(c4cc(OC)cc[n+]4OC(=O)C(F)(F)F)CC3)c2)n[nH]c1=O. The summed E-state index contributed by atoms with van der Waals surface area (Å²) >= 11 is 0. The molecular formula is C26H26F4N5O5+. The predicted molar refractivity (Wildman–Crippen MR) is 132 cm³/mol. The van der Waals surface area contributed by atoms with E-state index < -0.39 is 23.9 Å². The zero-order valence-corrected chi connectivity index (χ0v) is 21.6. The van der Waals surface area contributed by atoms with Crippen molar-refractivity contribution in [2.75, 3.05) is 38.2 Å². The maximum atomic E-state index is 14.7. The van der Waals surface area contributed by atoms with Crippen molar-refractivity contribution in [3.05, 3.63) is 81.2 Å². The van der Waals surface area contributed by atoms with Crippen molar-refractivity contribution >= 4 is 17.7 Å². The summed E-state index contributed by atoms with van der Waals surface area (Å²) in [5, 5.41) is 6.45. The molecule has 1 aliphatic heterocycles. The van der Waals surface area contributed by atoms with Crippen molar-refractivity contribution in [2.45, 2.75) is 25.9 Å². The molecular weight excluding hydrogens is 538 g/mol. The standard InChI is InChI=1S/C26H25F4N5O5/c1-3-17-14-18(31-32-23(17)36)12-16-4-5-21(27)20(13-16)24(37)34-10-8-33(9-11-34)22-15-19(39-2)6-7-35(22)40-25(38)26(28,29)30/h4-7,13-15H,3,8-12H2,1-2H3/p+1. The molecule has 40 heavy (non-hydrogen) atoms. The van der Waals surface area contributed by atoms with Crippen LogP contribution >= 0.6 is 0 Å². The third-order valence-electron chi connectivity index (χ3n) is 6.37. The molecule has 1 amide bonds. The number of nitrogens with zero attached hydrogens (tertiary/aromatic N) is 4. The van der Waals surface area contributed by atoms with Crippen LogP contribution in [0.1, 0.15) is 34.1 Å². The Bertz CT molecular complexity index is 1470. The number of amides is 1. The van der Waals surface area contributed by atoms with Crippen molar-refractivity contribution < 1.29 is 41.5 Å². The van der Waals surface area contributed by atoms with E-state index in [1.807, 2.05) is 6.92 Å². The number of hydrogen-bond acceptors (Lipinski definition) is 7. The van der Waals surface area contributed by atoms with Crippen molar-refractivity contribution in [1.29, 1.82) is 0 Å². The van der Waals surface area contributed by atoms with Crippen molar-refractivity contribution in [3.8, 4) is 5.75 Å². The van der Waals surface area contributed by atoms with Gasteiger partial charge in [-0.25, -0.2) is 19.1 Å². The zero-order chi connectivity index (χ0) is 29.0. The lowest BCUT2D eigenvalue weighted by Crippen LogP contribution is -2.57. The number of pyridine rings is 1. The van der Waals surface area contributed by atoms with Crippen LogP contribution in [0.4, 0.5) is 23.4 Å². The second-order valence-electron chi connectivity index (χ2n) is 8.96. The number of carbonyl (C=O) groups is 2. The van der Waals surface area contributed by atoms with Crippen molar-refractivity contribution in [1.82, 2.24) is 15.1 Å². The molecule has 14 heteroatoms. The maximum Gasteiger partial charge on any atom is 0.495 e. The monoisotopic (exact) mass is 564 g/mol. The number of hydrogen-bond donors (Lipinski definition) is 1. The van der Waals surface area contributed by atoms with Gasteiger partial charge < -0.3 is 9.64 Å². The van der Waals surface area contributed by atoms with Crippen LogP contribution in [0.2, 0.25) is 0 Å². The molecule has 1 N–H and O–H groups in total. The molecule has 212 valence electrons. The Labute approximate surface area is 225 Å². The van der Waals surface area contributed by atoms with E-state index in [-0.39, 0.29) is 49.5 Å². The lowest BCUT2D eigenvalue weighted by molar-refractivity contribution is -0.860. The first-order valence-electron chi connectivity index (χ1n) is 12.3. The first-order valence-corrected chi connectivity index (χ1v) is 12.3. The van der Waals surface area contributed by atoms with E-state index in [1.54, 1.807) is 11.0 Å². The Balaban J connectivity index is 1.48. The predicted octanol–water partition coefficient (Wildman–Crippen LogP) is 1.84. The van der Waals surface area contributed by atoms with Crippen LogP contribution in [-0.2, 0) is 17.6 Å². The number of methoxy groups -OCH3 is 1. The molecule has 0 spiro atoms. The van der Waals surface area contributed by atoms with E-state index >= 15 is 0 Å². The van der Waals surface area contributed by atoms with Crippen molar-refractivity contribution in [2.24, 2.45) is 0 Å². The molecule has 10 nitrogen and oxygen atoms in total. The number of H-pyrrole nitrogens is 1. The molecule has 0 aliphatic carbocycles. The van der Waals surface area contributed by atoms with Gasteiger partial charge in [0.05, 0.1) is 37.5 Å². The number of benzene rings is 1. The molecule has 1 aliphatic rings. The Kier molecular flexibility index (Phi) is 8.35. The molecule has 0 unspecified atom stereocenters. The fraction of sp³-hybridized carbons (Fsp3) is 0.346. The van der Waals surface area contributed by atoms with Gasteiger partial charge in [-0.15, -0.1) is 0 Å². The Morgan fingerprint density at radius 1 is 1.10 bits per heavy atom. The molecule has 3 aromatic rings. The smallest absolute Gasteiger partial charge is 0.495 e. The van der Waals surface area contributed by atoms with E-state index in [0.717, 1.165) is 6.20 Å². The average molecular weight is 565 g/mol. The zero-order valence-electron chi connectivity index (χ0n) is 21.6. The minimum atomic E-state index is -5.19. The summed E-state index contributed by atoms with van der Waals surface area (Å²) in [5.74, 6) is -3.22. The summed E-state index contributed by atoms with van der Waals surface area (Å²) < 4.78 is 58.8. The van der Waals surface area contributed by atoms with Gasteiger partial charge in [-0.3, -0.25) is 14.5 Å². The lowest BCUT2D eigenvalue weighted by Gasteiger charge is -2.31. The quantitative estimate of drug-likeness (QED) is 0.345. The van der Waals surface area contributed by atoms with Gasteiger partial charge in [0.2, 0.25) is 0 Å². The number of anilines is 1. The van der Waals surface area contributed by atoms with Crippen LogP contribution < -0.4 is 24.8 Å². The van der Waals surface area contributed by atoms with E-state index in [9.17, 15) is 31.9 Å². The number of ether oxygens (including phenoxy) is 1. The summed E-state index contributed by atoms with van der Waals surface area (Å²) in [4.78, 5) is 44.0. The van der Waals surface area contributed by atoms with Crippen LogP contribution in [-0.4, -0.2) is 66.4 Å². The van der Waals surface area contributed by atoms with Crippen LogP contribution in [0.5, 0.6) is 5.75 Å². The van der Waals surface area contributed by atoms with E-state index in [4.69, 9.17) is 4.74 Å². The molecule has 0 bridgehead atoms. The third-order valence-corrected chi connectivity index (χ3v) is 6.37. The highest BCUT2D eigenvalue weighted by atomic mass is 19.4. The van der Waals surface area contributed by atoms with Crippen LogP contribution in [0.3, 0.4) is 0 Å². The summed E-state index contributed by atoms with van der Waals surface area (Å²) in [6, 6.07) is 8.56. The molecule has 1 aromatic carbocycles. The summed E-state index contributed by atoms with van der Waals surface area (Å²) in [7, 11) is 1.38. The van der Waals surface area contributed by atoms with Crippen LogP contribution in [0.25, 0.3) is 0 Å². The first-order chi connectivity index (χ1) is 19.0. The number of halogens is 4. The van der Waals surface area contributed by atoms with Gasteiger partial charge >= 0.3 is 18.0 Å². The largest absolute Gasteiger partial charge is 0.496 e. The highest BCUT2D eigenvalue weighted by Crippen LogP contribution is 2.21. The Morgan fingerprint density at radius 3 is 2.48 bits per heavy atom. The van der Waals surface area contributed by atoms with Gasteiger partial charge in [0.15, 0.2) is 0 Å². The molecule has 0 atom stereocenters. The molecule has 1 fully saturated rings. The number of aromatic amines is 1. The molecule has 0 saturated carbocycles. The molecule has 3 heterocycles.